The van der Waals surface area contributed by atoms with E-state index in [9.17, 15) is 4.79 Å². The molecule has 1 aromatic heterocycles. The summed E-state index contributed by atoms with van der Waals surface area (Å²) in [6, 6.07) is 0. The molecule has 0 fully saturated rings. The van der Waals surface area contributed by atoms with Crippen molar-refractivity contribution in [2.24, 2.45) is 0 Å². The second-order valence-electron chi connectivity index (χ2n) is 4.27. The van der Waals surface area contributed by atoms with Crippen LogP contribution in [0.2, 0.25) is 0 Å². The van der Waals surface area contributed by atoms with E-state index in [1.807, 2.05) is 25.9 Å². The van der Waals surface area contributed by atoms with Crippen LogP contribution in [0.4, 0.5) is 5.82 Å². The Morgan fingerprint density at radius 2 is 1.94 bits per heavy atom. The van der Waals surface area contributed by atoms with Gasteiger partial charge < -0.3 is 14.9 Å². The summed E-state index contributed by atoms with van der Waals surface area (Å²) in [5.74, 6) is -0.588. The number of aromatic carboxylic acids is 1. The summed E-state index contributed by atoms with van der Waals surface area (Å²) in [6.45, 7) is 4.43. The molecule has 0 unspecified atom stereocenters. The molecule has 0 amide bonds. The van der Waals surface area contributed by atoms with Crippen molar-refractivity contribution in [3.8, 4) is 0 Å². The molecule has 1 aromatic rings. The van der Waals surface area contributed by atoms with Gasteiger partial charge in [0.05, 0.1) is 0 Å². The highest BCUT2D eigenvalue weighted by atomic mass is 16.4. The van der Waals surface area contributed by atoms with E-state index < -0.39 is 5.97 Å². The molecule has 1 heterocycles. The van der Waals surface area contributed by atoms with Gasteiger partial charge in [-0.15, -0.1) is 0 Å². The lowest BCUT2D eigenvalue weighted by atomic mass is 10.3. The van der Waals surface area contributed by atoms with Crippen molar-refractivity contribution >= 4 is 11.8 Å². The van der Waals surface area contributed by atoms with E-state index in [2.05, 4.69) is 14.9 Å². The van der Waals surface area contributed by atoms with Crippen molar-refractivity contribution in [1.29, 1.82) is 0 Å². The molecule has 1 N–H and O–H groups in total. The molecule has 0 aliphatic carbocycles. The van der Waals surface area contributed by atoms with Crippen molar-refractivity contribution in [3.05, 3.63) is 18.1 Å². The van der Waals surface area contributed by atoms with Gasteiger partial charge in [-0.05, 0) is 34.0 Å². The van der Waals surface area contributed by atoms with E-state index >= 15 is 0 Å². The highest BCUT2D eigenvalue weighted by molar-refractivity contribution is 5.90. The molecule has 0 bridgehead atoms. The minimum atomic E-state index is -1.04. The number of rotatable bonds is 7. The van der Waals surface area contributed by atoms with E-state index in [1.165, 1.54) is 12.4 Å². The van der Waals surface area contributed by atoms with E-state index in [-0.39, 0.29) is 5.69 Å². The molecular formula is C12H20N4O2. The largest absolute Gasteiger partial charge is 0.476 e. The van der Waals surface area contributed by atoms with Gasteiger partial charge in [-0.2, -0.15) is 0 Å². The number of carboxylic acids is 1. The Hall–Kier alpha value is -1.69. The van der Waals surface area contributed by atoms with Gasteiger partial charge in [-0.1, -0.05) is 0 Å². The standard InChI is InChI=1S/C12H20N4O2/c1-4-16(9-5-8-15(2)3)11-10(12(17)18)13-6-7-14-11/h6-7H,4-5,8-9H2,1-3H3,(H,17,18). The lowest BCUT2D eigenvalue weighted by molar-refractivity contribution is 0.0690. The highest BCUT2D eigenvalue weighted by Crippen LogP contribution is 2.14. The maximum atomic E-state index is 11.1. The van der Waals surface area contributed by atoms with Gasteiger partial charge in [-0.25, -0.2) is 14.8 Å². The van der Waals surface area contributed by atoms with Crippen molar-refractivity contribution in [3.63, 3.8) is 0 Å². The smallest absolute Gasteiger partial charge is 0.358 e. The molecule has 0 saturated heterocycles. The van der Waals surface area contributed by atoms with Crippen LogP contribution in [0.15, 0.2) is 12.4 Å². The molecule has 0 saturated carbocycles. The highest BCUT2D eigenvalue weighted by Gasteiger charge is 2.17. The number of nitrogens with zero attached hydrogens (tertiary/aromatic N) is 4. The van der Waals surface area contributed by atoms with Crippen LogP contribution < -0.4 is 4.90 Å². The van der Waals surface area contributed by atoms with Gasteiger partial charge in [0.25, 0.3) is 0 Å². The summed E-state index contributed by atoms with van der Waals surface area (Å²) < 4.78 is 0. The van der Waals surface area contributed by atoms with Gasteiger partial charge in [0, 0.05) is 25.5 Å². The fourth-order valence-corrected chi connectivity index (χ4v) is 1.70. The van der Waals surface area contributed by atoms with E-state index in [1.54, 1.807) is 0 Å². The summed E-state index contributed by atoms with van der Waals surface area (Å²) in [7, 11) is 4.03. The third kappa shape index (κ3) is 3.96. The number of carboxylic acid groups (broad SMARTS) is 1. The van der Waals surface area contributed by atoms with Crippen LogP contribution in [0.3, 0.4) is 0 Å². The normalized spacial score (nSPS) is 10.7. The second-order valence-corrected chi connectivity index (χ2v) is 4.27. The topological polar surface area (TPSA) is 69.6 Å². The molecule has 0 atom stereocenters. The summed E-state index contributed by atoms with van der Waals surface area (Å²) in [4.78, 5) is 23.1. The van der Waals surface area contributed by atoms with Crippen LogP contribution in [0.1, 0.15) is 23.8 Å². The van der Waals surface area contributed by atoms with Gasteiger partial charge in [0.2, 0.25) is 0 Å². The maximum Gasteiger partial charge on any atom is 0.358 e. The minimum Gasteiger partial charge on any atom is -0.476 e. The van der Waals surface area contributed by atoms with Crippen LogP contribution in [0.25, 0.3) is 0 Å². The zero-order chi connectivity index (χ0) is 13.5. The van der Waals surface area contributed by atoms with E-state index in [4.69, 9.17) is 5.11 Å². The predicted octanol–water partition coefficient (Wildman–Crippen LogP) is 0.953. The van der Waals surface area contributed by atoms with Crippen LogP contribution in [-0.2, 0) is 0 Å². The average Bonchev–Trinajstić information content (AvgIpc) is 2.34. The van der Waals surface area contributed by atoms with Gasteiger partial charge >= 0.3 is 5.97 Å². The first kappa shape index (κ1) is 14.4. The fraction of sp³-hybridized carbons (Fsp3) is 0.583. The molecule has 0 aliphatic heterocycles. The van der Waals surface area contributed by atoms with Crippen LogP contribution in [-0.4, -0.2) is 59.7 Å². The number of hydrogen-bond donors (Lipinski definition) is 1. The third-order valence-electron chi connectivity index (χ3n) is 2.60. The SMILES string of the molecule is CCN(CCCN(C)C)c1nccnc1C(=O)O. The number of hydrogen-bond acceptors (Lipinski definition) is 5. The Kier molecular flexibility index (Phi) is 5.51. The van der Waals surface area contributed by atoms with Crippen LogP contribution in [0.5, 0.6) is 0 Å². The molecule has 18 heavy (non-hydrogen) atoms. The molecule has 0 aromatic carbocycles. The first-order valence-electron chi connectivity index (χ1n) is 6.00. The summed E-state index contributed by atoms with van der Waals surface area (Å²) in [5.41, 5.74) is 0.0178. The van der Waals surface area contributed by atoms with Crippen molar-refractivity contribution < 1.29 is 9.90 Å². The monoisotopic (exact) mass is 252 g/mol. The lowest BCUT2D eigenvalue weighted by Crippen LogP contribution is -2.29. The van der Waals surface area contributed by atoms with Crippen molar-refractivity contribution in [2.75, 3.05) is 38.6 Å². The summed E-state index contributed by atoms with van der Waals surface area (Å²) >= 11 is 0. The Balaban J connectivity index is 2.78. The molecule has 0 radical (unpaired) electrons. The molecule has 0 aliphatic rings. The Morgan fingerprint density at radius 3 is 2.50 bits per heavy atom. The Bertz CT molecular complexity index is 395. The van der Waals surface area contributed by atoms with Gasteiger partial charge in [0.1, 0.15) is 0 Å². The first-order chi connectivity index (χ1) is 8.56. The fourth-order valence-electron chi connectivity index (χ4n) is 1.70. The summed E-state index contributed by atoms with van der Waals surface area (Å²) in [5, 5.41) is 9.09. The van der Waals surface area contributed by atoms with E-state index in [0.717, 1.165) is 19.5 Å². The van der Waals surface area contributed by atoms with Crippen LogP contribution >= 0.6 is 0 Å². The number of carbonyl (C=O) groups is 1. The quantitative estimate of drug-likeness (QED) is 0.779. The number of anilines is 1. The maximum absolute atomic E-state index is 11.1. The van der Waals surface area contributed by atoms with Gasteiger partial charge in [-0.3, -0.25) is 0 Å². The first-order valence-corrected chi connectivity index (χ1v) is 6.00. The third-order valence-corrected chi connectivity index (χ3v) is 2.60. The Morgan fingerprint density at radius 1 is 1.28 bits per heavy atom. The molecule has 6 heteroatoms. The summed E-state index contributed by atoms with van der Waals surface area (Å²) in [6.07, 6.45) is 3.88. The molecule has 6 nitrogen and oxygen atoms in total. The minimum absolute atomic E-state index is 0.0178. The molecule has 0 spiro atoms. The zero-order valence-corrected chi connectivity index (χ0v) is 11.1. The van der Waals surface area contributed by atoms with Crippen molar-refractivity contribution in [2.45, 2.75) is 13.3 Å². The Labute approximate surface area is 107 Å². The zero-order valence-electron chi connectivity index (χ0n) is 11.1. The predicted molar refractivity (Wildman–Crippen MR) is 70.0 cm³/mol. The second kappa shape index (κ2) is 6.90. The number of aromatic nitrogens is 2. The van der Waals surface area contributed by atoms with Crippen molar-refractivity contribution in [1.82, 2.24) is 14.9 Å². The molecule has 100 valence electrons. The van der Waals surface area contributed by atoms with Gasteiger partial charge in [0.15, 0.2) is 11.5 Å². The lowest BCUT2D eigenvalue weighted by Gasteiger charge is -2.23. The van der Waals surface area contributed by atoms with Crippen LogP contribution in [0, 0.1) is 0 Å². The average molecular weight is 252 g/mol. The molecule has 1 rings (SSSR count). The van der Waals surface area contributed by atoms with E-state index in [0.29, 0.717) is 12.4 Å². The molecular weight excluding hydrogens is 232 g/mol.